The second-order valence-corrected chi connectivity index (χ2v) is 6.64. The number of anilines is 2. The summed E-state index contributed by atoms with van der Waals surface area (Å²) in [6, 6.07) is 11.9. The van der Waals surface area contributed by atoms with E-state index in [-0.39, 0.29) is 25.0 Å². The van der Waals surface area contributed by atoms with Gasteiger partial charge in [0.15, 0.2) is 13.2 Å². The Morgan fingerprint density at radius 3 is 2.74 bits per heavy atom. The lowest BCUT2D eigenvalue weighted by Crippen LogP contribution is -2.39. The van der Waals surface area contributed by atoms with E-state index in [0.717, 1.165) is 5.57 Å². The van der Waals surface area contributed by atoms with Crippen molar-refractivity contribution in [3.63, 3.8) is 0 Å². The Morgan fingerprint density at radius 1 is 1.30 bits per heavy atom. The molecule has 2 amide bonds. The number of carbonyl (C=O) groups is 2. The monoisotopic (exact) mass is 386 g/mol. The zero-order valence-electron chi connectivity index (χ0n) is 14.8. The molecule has 2 aromatic rings. The van der Waals surface area contributed by atoms with Crippen LogP contribution in [0.5, 0.6) is 11.5 Å². The fourth-order valence-electron chi connectivity index (χ4n) is 2.60. The van der Waals surface area contributed by atoms with E-state index < -0.39 is 0 Å². The molecule has 7 heteroatoms. The van der Waals surface area contributed by atoms with E-state index in [1.54, 1.807) is 47.4 Å². The summed E-state index contributed by atoms with van der Waals surface area (Å²) in [7, 11) is 0. The van der Waals surface area contributed by atoms with Crippen molar-refractivity contribution >= 4 is 34.8 Å². The van der Waals surface area contributed by atoms with E-state index in [0.29, 0.717) is 34.4 Å². The third-order valence-electron chi connectivity index (χ3n) is 3.80. The van der Waals surface area contributed by atoms with E-state index in [9.17, 15) is 9.59 Å². The number of hydrogen-bond donors (Lipinski definition) is 1. The summed E-state index contributed by atoms with van der Waals surface area (Å²) in [6.45, 7) is 5.95. The number of amides is 2. The van der Waals surface area contributed by atoms with Gasteiger partial charge in [0, 0.05) is 23.3 Å². The molecule has 0 fully saturated rings. The summed E-state index contributed by atoms with van der Waals surface area (Å²) in [6.07, 6.45) is 0. The average molecular weight is 387 g/mol. The Labute approximate surface area is 162 Å². The van der Waals surface area contributed by atoms with Crippen molar-refractivity contribution in [1.29, 1.82) is 0 Å². The number of carbonyl (C=O) groups excluding carboxylic acids is 2. The summed E-state index contributed by atoms with van der Waals surface area (Å²) in [5.41, 5.74) is 2.08. The van der Waals surface area contributed by atoms with Crippen molar-refractivity contribution in [2.45, 2.75) is 6.92 Å². The van der Waals surface area contributed by atoms with Crippen LogP contribution >= 0.6 is 11.6 Å². The predicted molar refractivity (Wildman–Crippen MR) is 105 cm³/mol. The minimum Gasteiger partial charge on any atom is -0.484 e. The van der Waals surface area contributed by atoms with E-state index in [2.05, 4.69) is 11.9 Å². The molecule has 0 spiro atoms. The molecular formula is C20H19ClN2O4. The number of benzene rings is 2. The first-order valence-corrected chi connectivity index (χ1v) is 8.70. The molecule has 1 heterocycles. The highest BCUT2D eigenvalue weighted by molar-refractivity contribution is 6.30. The number of fused-ring (bicyclic) bond motifs is 1. The first-order chi connectivity index (χ1) is 12.9. The van der Waals surface area contributed by atoms with Crippen LogP contribution < -0.4 is 19.7 Å². The van der Waals surface area contributed by atoms with Crippen molar-refractivity contribution in [3.05, 3.63) is 59.6 Å². The Morgan fingerprint density at radius 2 is 2.04 bits per heavy atom. The maximum absolute atomic E-state index is 12.1. The van der Waals surface area contributed by atoms with Crippen LogP contribution in [0.1, 0.15) is 6.92 Å². The van der Waals surface area contributed by atoms with Gasteiger partial charge in [-0.15, -0.1) is 0 Å². The van der Waals surface area contributed by atoms with Crippen LogP contribution in [0.2, 0.25) is 5.02 Å². The van der Waals surface area contributed by atoms with Gasteiger partial charge in [0.1, 0.15) is 11.5 Å². The normalized spacial score (nSPS) is 12.8. The van der Waals surface area contributed by atoms with Crippen LogP contribution in [0, 0.1) is 0 Å². The number of ether oxygens (including phenoxy) is 2. The summed E-state index contributed by atoms with van der Waals surface area (Å²) in [5.74, 6) is 0.652. The molecule has 1 aliphatic heterocycles. The standard InChI is InChI=1S/C20H19ClN2O4/c1-13(2)10-23-17-8-5-15(9-18(17)27-12-20(23)25)22-19(24)11-26-16-6-3-14(21)4-7-16/h3-9H,1,10-12H2,2H3,(H,22,24). The fraction of sp³-hybridized carbons (Fsp3) is 0.200. The van der Waals surface area contributed by atoms with E-state index in [1.807, 2.05) is 6.92 Å². The van der Waals surface area contributed by atoms with Crippen LogP contribution in [0.25, 0.3) is 0 Å². The smallest absolute Gasteiger partial charge is 0.265 e. The lowest BCUT2D eigenvalue weighted by molar-refractivity contribution is -0.121. The Balaban J connectivity index is 1.64. The van der Waals surface area contributed by atoms with E-state index in [1.165, 1.54) is 0 Å². The number of rotatable bonds is 6. The molecule has 0 aliphatic carbocycles. The summed E-state index contributed by atoms with van der Waals surface area (Å²) in [5, 5.41) is 3.35. The number of nitrogens with zero attached hydrogens (tertiary/aromatic N) is 1. The highest BCUT2D eigenvalue weighted by Crippen LogP contribution is 2.34. The zero-order chi connectivity index (χ0) is 19.4. The second kappa shape index (κ2) is 8.14. The third kappa shape index (κ3) is 4.80. The molecule has 0 aromatic heterocycles. The van der Waals surface area contributed by atoms with Gasteiger partial charge < -0.3 is 19.7 Å². The number of nitrogens with one attached hydrogen (secondary N) is 1. The van der Waals surface area contributed by atoms with Crippen LogP contribution in [0.4, 0.5) is 11.4 Å². The minimum absolute atomic E-state index is 0.0443. The first-order valence-electron chi connectivity index (χ1n) is 8.32. The number of hydrogen-bond acceptors (Lipinski definition) is 4. The van der Waals surface area contributed by atoms with Crippen LogP contribution in [0.3, 0.4) is 0 Å². The lowest BCUT2D eigenvalue weighted by atomic mass is 10.2. The molecule has 1 N–H and O–H groups in total. The molecular weight excluding hydrogens is 368 g/mol. The molecule has 0 atom stereocenters. The third-order valence-corrected chi connectivity index (χ3v) is 4.05. The Hall–Kier alpha value is -2.99. The Kier molecular flexibility index (Phi) is 5.66. The molecule has 1 aliphatic rings. The topological polar surface area (TPSA) is 67.9 Å². The summed E-state index contributed by atoms with van der Waals surface area (Å²) >= 11 is 5.81. The molecule has 140 valence electrons. The minimum atomic E-state index is -0.310. The van der Waals surface area contributed by atoms with Crippen molar-refractivity contribution in [1.82, 2.24) is 0 Å². The zero-order valence-corrected chi connectivity index (χ0v) is 15.6. The highest BCUT2D eigenvalue weighted by atomic mass is 35.5. The molecule has 0 unspecified atom stereocenters. The van der Waals surface area contributed by atoms with Gasteiger partial charge in [0.25, 0.3) is 11.8 Å². The molecule has 0 bridgehead atoms. The van der Waals surface area contributed by atoms with Crippen LogP contribution in [-0.2, 0) is 9.59 Å². The van der Waals surface area contributed by atoms with Gasteiger partial charge in [-0.3, -0.25) is 9.59 Å². The molecule has 0 radical (unpaired) electrons. The van der Waals surface area contributed by atoms with Gasteiger partial charge in [0.05, 0.1) is 5.69 Å². The predicted octanol–water partition coefficient (Wildman–Crippen LogP) is 3.66. The molecule has 2 aromatic carbocycles. The van der Waals surface area contributed by atoms with E-state index >= 15 is 0 Å². The molecule has 0 saturated carbocycles. The quantitative estimate of drug-likeness (QED) is 0.769. The Bertz CT molecular complexity index is 880. The van der Waals surface area contributed by atoms with Crippen LogP contribution in [0.15, 0.2) is 54.6 Å². The molecule has 3 rings (SSSR count). The average Bonchev–Trinajstić information content (AvgIpc) is 2.63. The SMILES string of the molecule is C=C(C)CN1C(=O)COc2cc(NC(=O)COc3ccc(Cl)cc3)ccc21. The largest absolute Gasteiger partial charge is 0.484 e. The van der Waals surface area contributed by atoms with Gasteiger partial charge in [-0.25, -0.2) is 0 Å². The summed E-state index contributed by atoms with van der Waals surface area (Å²) < 4.78 is 10.9. The van der Waals surface area contributed by atoms with Gasteiger partial charge in [0.2, 0.25) is 0 Å². The van der Waals surface area contributed by atoms with Gasteiger partial charge in [-0.2, -0.15) is 0 Å². The molecule has 6 nitrogen and oxygen atoms in total. The highest BCUT2D eigenvalue weighted by Gasteiger charge is 2.25. The first kappa shape index (κ1) is 18.8. The van der Waals surface area contributed by atoms with Crippen LogP contribution in [-0.4, -0.2) is 31.6 Å². The maximum Gasteiger partial charge on any atom is 0.265 e. The second-order valence-electron chi connectivity index (χ2n) is 6.20. The van der Waals surface area contributed by atoms with E-state index in [4.69, 9.17) is 21.1 Å². The van der Waals surface area contributed by atoms with Crippen molar-refractivity contribution in [3.8, 4) is 11.5 Å². The van der Waals surface area contributed by atoms with Crippen molar-refractivity contribution in [2.24, 2.45) is 0 Å². The molecule has 0 saturated heterocycles. The molecule has 27 heavy (non-hydrogen) atoms. The van der Waals surface area contributed by atoms with Gasteiger partial charge in [-0.05, 0) is 43.3 Å². The number of halogens is 1. The van der Waals surface area contributed by atoms with Crippen molar-refractivity contribution in [2.75, 3.05) is 30.0 Å². The maximum atomic E-state index is 12.1. The van der Waals surface area contributed by atoms with Gasteiger partial charge in [-0.1, -0.05) is 23.8 Å². The summed E-state index contributed by atoms with van der Waals surface area (Å²) in [4.78, 5) is 25.8. The van der Waals surface area contributed by atoms with Crippen molar-refractivity contribution < 1.29 is 19.1 Å². The lowest BCUT2D eigenvalue weighted by Gasteiger charge is -2.29. The van der Waals surface area contributed by atoms with Gasteiger partial charge >= 0.3 is 0 Å². The fourth-order valence-corrected chi connectivity index (χ4v) is 2.73.